The lowest BCUT2D eigenvalue weighted by Crippen LogP contribution is -2.51. The number of benzene rings is 3. The molecule has 0 spiro atoms. The fourth-order valence-electron chi connectivity index (χ4n) is 4.32. The van der Waals surface area contributed by atoms with Crippen molar-refractivity contribution in [2.45, 2.75) is 30.9 Å². The predicted molar refractivity (Wildman–Crippen MR) is 137 cm³/mol. The number of amides is 1. The Kier molecular flexibility index (Phi) is 6.59. The Labute approximate surface area is 216 Å². The van der Waals surface area contributed by atoms with Crippen LogP contribution in [0.5, 0.6) is 23.0 Å². The molecule has 1 amide bonds. The molecule has 0 radical (unpaired) electrons. The molecule has 2 heterocycles. The van der Waals surface area contributed by atoms with Crippen LogP contribution in [0.4, 0.5) is 5.69 Å². The number of hydrogen-bond acceptors (Lipinski definition) is 7. The molecule has 0 aliphatic carbocycles. The zero-order chi connectivity index (χ0) is 26.2. The lowest BCUT2D eigenvalue weighted by Gasteiger charge is -2.35. The number of nitrogens with zero attached hydrogens (tertiary/aromatic N) is 1. The zero-order valence-corrected chi connectivity index (χ0v) is 21.6. The van der Waals surface area contributed by atoms with E-state index in [1.165, 1.54) is 23.5 Å². The maximum atomic E-state index is 13.7. The van der Waals surface area contributed by atoms with Crippen molar-refractivity contribution in [2.24, 2.45) is 0 Å². The van der Waals surface area contributed by atoms with Crippen LogP contribution in [0.1, 0.15) is 24.1 Å². The maximum absolute atomic E-state index is 13.7. The maximum Gasteiger partial charge on any atom is 0.264 e. The summed E-state index contributed by atoms with van der Waals surface area (Å²) in [5.74, 6) is 1.73. The first kappa shape index (κ1) is 24.8. The molecule has 194 valence electrons. The third kappa shape index (κ3) is 4.89. The summed E-state index contributed by atoms with van der Waals surface area (Å²) in [4.78, 5) is 13.4. The summed E-state index contributed by atoms with van der Waals surface area (Å²) in [6, 6.07) is 16.5. The Morgan fingerprint density at radius 2 is 1.73 bits per heavy atom. The van der Waals surface area contributed by atoms with Gasteiger partial charge in [0.2, 0.25) is 0 Å². The topological polar surface area (TPSA) is 103 Å². The zero-order valence-electron chi connectivity index (χ0n) is 20.8. The second-order valence-electron chi connectivity index (χ2n) is 8.92. The molecule has 0 aromatic heterocycles. The van der Waals surface area contributed by atoms with Crippen LogP contribution in [-0.2, 0) is 14.8 Å². The third-order valence-electron chi connectivity index (χ3n) is 6.35. The molecule has 0 fully saturated rings. The number of methoxy groups -OCH3 is 1. The van der Waals surface area contributed by atoms with Gasteiger partial charge in [-0.05, 0) is 73.5 Å². The lowest BCUT2D eigenvalue weighted by atomic mass is 10.1. The fourth-order valence-corrected chi connectivity index (χ4v) is 5.80. The molecule has 2 atom stereocenters. The molecule has 9 nitrogen and oxygen atoms in total. The summed E-state index contributed by atoms with van der Waals surface area (Å²) >= 11 is 0. The number of hydrogen-bond donors (Lipinski definition) is 1. The summed E-state index contributed by atoms with van der Waals surface area (Å²) < 4.78 is 50.9. The summed E-state index contributed by atoms with van der Waals surface area (Å²) in [6.45, 7) is 4.50. The van der Waals surface area contributed by atoms with E-state index in [0.717, 1.165) is 11.1 Å². The highest BCUT2D eigenvalue weighted by molar-refractivity contribution is 7.92. The average molecular weight is 525 g/mol. The Balaban J connectivity index is 1.40. The number of rotatable bonds is 6. The molecule has 10 heteroatoms. The second kappa shape index (κ2) is 9.85. The number of anilines is 1. The van der Waals surface area contributed by atoms with Crippen LogP contribution in [0.15, 0.2) is 65.6 Å². The number of sulfonamides is 1. The Morgan fingerprint density at radius 3 is 2.46 bits per heavy atom. The molecule has 5 rings (SSSR count). The van der Waals surface area contributed by atoms with Crippen molar-refractivity contribution in [3.63, 3.8) is 0 Å². The van der Waals surface area contributed by atoms with Gasteiger partial charge in [0.1, 0.15) is 24.7 Å². The first-order chi connectivity index (χ1) is 17.8. The van der Waals surface area contributed by atoms with Crippen molar-refractivity contribution in [1.82, 2.24) is 5.32 Å². The highest BCUT2D eigenvalue weighted by Gasteiger charge is 2.38. The van der Waals surface area contributed by atoms with E-state index >= 15 is 0 Å². The van der Waals surface area contributed by atoms with Gasteiger partial charge in [-0.3, -0.25) is 9.10 Å². The average Bonchev–Trinajstić information content (AvgIpc) is 2.91. The monoisotopic (exact) mass is 524 g/mol. The molecular formula is C27H28N2O7S. The van der Waals surface area contributed by atoms with Crippen molar-refractivity contribution in [3.8, 4) is 23.0 Å². The van der Waals surface area contributed by atoms with E-state index in [-0.39, 0.29) is 17.5 Å². The molecule has 3 aromatic carbocycles. The summed E-state index contributed by atoms with van der Waals surface area (Å²) in [5.41, 5.74) is 2.09. The molecule has 3 aromatic rings. The first-order valence-electron chi connectivity index (χ1n) is 11.9. The smallest absolute Gasteiger partial charge is 0.264 e. The van der Waals surface area contributed by atoms with E-state index in [0.29, 0.717) is 41.9 Å². The van der Waals surface area contributed by atoms with Crippen LogP contribution in [0.25, 0.3) is 0 Å². The fraction of sp³-hybridized carbons (Fsp3) is 0.296. The molecule has 37 heavy (non-hydrogen) atoms. The van der Waals surface area contributed by atoms with Gasteiger partial charge in [0.25, 0.3) is 15.9 Å². The van der Waals surface area contributed by atoms with Gasteiger partial charge in [-0.1, -0.05) is 12.1 Å². The molecule has 0 saturated carbocycles. The summed E-state index contributed by atoms with van der Waals surface area (Å²) in [6.07, 6.45) is -1.05. The number of carbonyl (C=O) groups excluding carboxylic acids is 1. The highest BCUT2D eigenvalue weighted by Crippen LogP contribution is 2.38. The molecule has 0 unspecified atom stereocenters. The van der Waals surface area contributed by atoms with Gasteiger partial charge in [-0.25, -0.2) is 8.42 Å². The largest absolute Gasteiger partial charge is 0.497 e. The van der Waals surface area contributed by atoms with Gasteiger partial charge >= 0.3 is 0 Å². The first-order valence-corrected chi connectivity index (χ1v) is 13.3. The van der Waals surface area contributed by atoms with Crippen molar-refractivity contribution in [3.05, 3.63) is 71.8 Å². The Bertz CT molecular complexity index is 1420. The molecule has 2 aliphatic rings. The quantitative estimate of drug-likeness (QED) is 0.526. The SMILES string of the molecule is COc1ccc(S(=O)(=O)N2C[C@H](C(=O)N[C@@H](C)c3ccc4c(c3)OCCO4)Oc3cc(C)ccc32)cc1. The molecule has 1 N–H and O–H groups in total. The number of ether oxygens (including phenoxy) is 4. The highest BCUT2D eigenvalue weighted by atomic mass is 32.2. The lowest BCUT2D eigenvalue weighted by molar-refractivity contribution is -0.128. The molecule has 2 aliphatic heterocycles. The number of carbonyl (C=O) groups is 1. The molecular weight excluding hydrogens is 496 g/mol. The van der Waals surface area contributed by atoms with E-state index < -0.39 is 22.0 Å². The standard InChI is InChI=1S/C27H28N2O7S/c1-17-4-10-22-24(14-17)36-26(16-29(22)37(31,32)21-8-6-20(33-3)7-9-21)27(30)28-18(2)19-5-11-23-25(15-19)35-13-12-34-23/h4-11,14-15,18,26H,12-13,16H2,1-3H3,(H,28,30)/t18-,26+/m0/s1. The minimum atomic E-state index is -3.98. The van der Waals surface area contributed by atoms with Crippen LogP contribution in [0.2, 0.25) is 0 Å². The van der Waals surface area contributed by atoms with Gasteiger partial charge < -0.3 is 24.3 Å². The van der Waals surface area contributed by atoms with Crippen LogP contribution >= 0.6 is 0 Å². The second-order valence-corrected chi connectivity index (χ2v) is 10.8. The predicted octanol–water partition coefficient (Wildman–Crippen LogP) is 3.61. The van der Waals surface area contributed by atoms with Crippen LogP contribution in [-0.4, -0.2) is 47.3 Å². The van der Waals surface area contributed by atoms with Crippen molar-refractivity contribution in [1.29, 1.82) is 0 Å². The number of aryl methyl sites for hydroxylation is 1. The van der Waals surface area contributed by atoms with Gasteiger partial charge in [-0.15, -0.1) is 0 Å². The Morgan fingerprint density at radius 1 is 1.00 bits per heavy atom. The van der Waals surface area contributed by atoms with Gasteiger partial charge in [0, 0.05) is 0 Å². The van der Waals surface area contributed by atoms with Crippen LogP contribution in [0.3, 0.4) is 0 Å². The molecule has 0 bridgehead atoms. The minimum Gasteiger partial charge on any atom is -0.497 e. The summed E-state index contributed by atoms with van der Waals surface area (Å²) in [7, 11) is -2.47. The van der Waals surface area contributed by atoms with E-state index in [1.807, 2.05) is 38.1 Å². The Hall–Kier alpha value is -3.92. The van der Waals surface area contributed by atoms with Gasteiger partial charge in [-0.2, -0.15) is 0 Å². The van der Waals surface area contributed by atoms with Crippen molar-refractivity contribution in [2.75, 3.05) is 31.2 Å². The van der Waals surface area contributed by atoms with Crippen molar-refractivity contribution < 1.29 is 32.2 Å². The van der Waals surface area contributed by atoms with Crippen LogP contribution in [0, 0.1) is 6.92 Å². The normalized spacial score (nSPS) is 17.3. The molecule has 0 saturated heterocycles. The van der Waals surface area contributed by atoms with Crippen molar-refractivity contribution >= 4 is 21.6 Å². The van der Waals surface area contributed by atoms with E-state index in [4.69, 9.17) is 18.9 Å². The van der Waals surface area contributed by atoms with E-state index in [9.17, 15) is 13.2 Å². The van der Waals surface area contributed by atoms with E-state index in [2.05, 4.69) is 5.32 Å². The number of nitrogens with one attached hydrogen (secondary N) is 1. The van der Waals surface area contributed by atoms with Gasteiger partial charge in [0.05, 0.1) is 30.3 Å². The number of fused-ring (bicyclic) bond motifs is 2. The minimum absolute atomic E-state index is 0.0885. The van der Waals surface area contributed by atoms with Gasteiger partial charge in [0.15, 0.2) is 17.6 Å². The third-order valence-corrected chi connectivity index (χ3v) is 8.14. The summed E-state index contributed by atoms with van der Waals surface area (Å²) in [5, 5.41) is 2.95. The van der Waals surface area contributed by atoms with E-state index in [1.54, 1.807) is 24.3 Å². The van der Waals surface area contributed by atoms with Crippen LogP contribution < -0.4 is 28.6 Å².